The summed E-state index contributed by atoms with van der Waals surface area (Å²) in [7, 11) is 1.60. The third-order valence-electron chi connectivity index (χ3n) is 2.01. The van der Waals surface area contributed by atoms with Gasteiger partial charge in [-0.2, -0.15) is 0 Å². The van der Waals surface area contributed by atoms with Crippen molar-refractivity contribution in [3.63, 3.8) is 0 Å². The molecule has 3 nitrogen and oxygen atoms in total. The van der Waals surface area contributed by atoms with Crippen LogP contribution >= 0.6 is 0 Å². The molecule has 1 aromatic carbocycles. The molecule has 0 fully saturated rings. The molecular weight excluding hydrogens is 178 g/mol. The van der Waals surface area contributed by atoms with E-state index in [0.717, 1.165) is 11.3 Å². The summed E-state index contributed by atoms with van der Waals surface area (Å²) < 4.78 is 5.49. The molecule has 0 aromatic heterocycles. The summed E-state index contributed by atoms with van der Waals surface area (Å²) in [5.41, 5.74) is 1.03. The molecule has 1 rings (SSSR count). The predicted molar refractivity (Wildman–Crippen MR) is 55.3 cm³/mol. The third kappa shape index (κ3) is 2.49. The molecule has 76 valence electrons. The van der Waals surface area contributed by atoms with E-state index in [-0.39, 0.29) is 5.91 Å². The number of aryl methyl sites for hydroxylation is 1. The van der Waals surface area contributed by atoms with Crippen LogP contribution in [0.25, 0.3) is 0 Å². The Morgan fingerprint density at radius 1 is 1.43 bits per heavy atom. The molecule has 0 saturated heterocycles. The molecule has 1 aromatic rings. The second-order valence-electron chi connectivity index (χ2n) is 3.14. The molecule has 1 amide bonds. The number of rotatable bonds is 3. The Balaban J connectivity index is 2.69. The van der Waals surface area contributed by atoms with Crippen molar-refractivity contribution in [3.8, 4) is 5.75 Å². The number of carbonyl (C=O) groups is 1. The van der Waals surface area contributed by atoms with Crippen LogP contribution in [0.1, 0.15) is 12.5 Å². The molecule has 0 spiro atoms. The van der Waals surface area contributed by atoms with Crippen LogP contribution in [0.5, 0.6) is 5.75 Å². The van der Waals surface area contributed by atoms with Gasteiger partial charge in [-0.1, -0.05) is 18.2 Å². The zero-order valence-corrected chi connectivity index (χ0v) is 8.70. The minimum Gasteiger partial charge on any atom is -0.481 e. The first kappa shape index (κ1) is 10.6. The largest absolute Gasteiger partial charge is 0.481 e. The highest BCUT2D eigenvalue weighted by Crippen LogP contribution is 2.17. The van der Waals surface area contributed by atoms with Crippen LogP contribution in [0.15, 0.2) is 24.3 Å². The van der Waals surface area contributed by atoms with E-state index in [1.54, 1.807) is 14.0 Å². The lowest BCUT2D eigenvalue weighted by molar-refractivity contribution is -0.126. The zero-order valence-electron chi connectivity index (χ0n) is 8.70. The summed E-state index contributed by atoms with van der Waals surface area (Å²) in [5, 5.41) is 2.54. The van der Waals surface area contributed by atoms with E-state index in [0.29, 0.717) is 0 Å². The highest BCUT2D eigenvalue weighted by atomic mass is 16.5. The van der Waals surface area contributed by atoms with Crippen LogP contribution in [0, 0.1) is 6.92 Å². The van der Waals surface area contributed by atoms with Crippen molar-refractivity contribution in [1.82, 2.24) is 5.32 Å². The highest BCUT2D eigenvalue weighted by molar-refractivity contribution is 5.80. The average Bonchev–Trinajstić information content (AvgIpc) is 2.20. The van der Waals surface area contributed by atoms with Crippen LogP contribution in [0.4, 0.5) is 0 Å². The Hall–Kier alpha value is -1.51. The Labute approximate surface area is 84.1 Å². The summed E-state index contributed by atoms with van der Waals surface area (Å²) in [6.07, 6.45) is -0.457. The molecule has 1 N–H and O–H groups in total. The van der Waals surface area contributed by atoms with Crippen molar-refractivity contribution in [2.75, 3.05) is 7.05 Å². The standard InChI is InChI=1S/C11H15NO2/c1-8-6-4-5-7-10(8)14-9(2)11(13)12-3/h4-7,9H,1-3H3,(H,12,13). The van der Waals surface area contributed by atoms with E-state index < -0.39 is 6.10 Å². The van der Waals surface area contributed by atoms with Gasteiger partial charge in [0.15, 0.2) is 6.10 Å². The first-order valence-electron chi connectivity index (χ1n) is 4.59. The first-order chi connectivity index (χ1) is 6.65. The fraction of sp³-hybridized carbons (Fsp3) is 0.364. The van der Waals surface area contributed by atoms with Crippen molar-refractivity contribution < 1.29 is 9.53 Å². The Morgan fingerprint density at radius 3 is 2.64 bits per heavy atom. The van der Waals surface area contributed by atoms with Gasteiger partial charge in [0, 0.05) is 7.05 Å². The highest BCUT2D eigenvalue weighted by Gasteiger charge is 2.12. The second-order valence-corrected chi connectivity index (χ2v) is 3.14. The number of ether oxygens (including phenoxy) is 1. The van der Waals surface area contributed by atoms with E-state index in [1.165, 1.54) is 0 Å². The summed E-state index contributed by atoms with van der Waals surface area (Å²) in [6, 6.07) is 7.63. The molecule has 0 bridgehead atoms. The second kappa shape index (κ2) is 4.65. The molecule has 0 radical (unpaired) electrons. The van der Waals surface area contributed by atoms with Crippen LogP contribution in [0.3, 0.4) is 0 Å². The Kier molecular flexibility index (Phi) is 3.51. The van der Waals surface area contributed by atoms with Gasteiger partial charge in [-0.25, -0.2) is 0 Å². The van der Waals surface area contributed by atoms with Crippen LogP contribution < -0.4 is 10.1 Å². The maximum atomic E-state index is 11.2. The van der Waals surface area contributed by atoms with Crippen molar-refractivity contribution in [2.45, 2.75) is 20.0 Å². The van der Waals surface area contributed by atoms with Crippen LogP contribution in [-0.4, -0.2) is 19.1 Å². The molecule has 1 unspecified atom stereocenters. The van der Waals surface area contributed by atoms with Gasteiger partial charge in [-0.3, -0.25) is 4.79 Å². The third-order valence-corrected chi connectivity index (χ3v) is 2.01. The fourth-order valence-corrected chi connectivity index (χ4v) is 1.14. The summed E-state index contributed by atoms with van der Waals surface area (Å²) >= 11 is 0. The Morgan fingerprint density at radius 2 is 2.07 bits per heavy atom. The smallest absolute Gasteiger partial charge is 0.260 e. The molecular formula is C11H15NO2. The topological polar surface area (TPSA) is 38.3 Å². The van der Waals surface area contributed by atoms with Gasteiger partial charge in [0.1, 0.15) is 5.75 Å². The lowest BCUT2D eigenvalue weighted by atomic mass is 10.2. The number of hydrogen-bond acceptors (Lipinski definition) is 2. The number of nitrogens with one attached hydrogen (secondary N) is 1. The maximum absolute atomic E-state index is 11.2. The number of hydrogen-bond donors (Lipinski definition) is 1. The fourth-order valence-electron chi connectivity index (χ4n) is 1.14. The van der Waals surface area contributed by atoms with E-state index in [2.05, 4.69) is 5.32 Å². The van der Waals surface area contributed by atoms with Gasteiger partial charge in [-0.15, -0.1) is 0 Å². The Bertz CT molecular complexity index is 323. The van der Waals surface area contributed by atoms with Gasteiger partial charge in [-0.05, 0) is 25.5 Å². The first-order valence-corrected chi connectivity index (χ1v) is 4.59. The van der Waals surface area contributed by atoms with E-state index in [4.69, 9.17) is 4.74 Å². The number of para-hydroxylation sites is 1. The average molecular weight is 193 g/mol. The predicted octanol–water partition coefficient (Wildman–Crippen LogP) is 1.51. The van der Waals surface area contributed by atoms with Gasteiger partial charge in [0.25, 0.3) is 5.91 Å². The van der Waals surface area contributed by atoms with Crippen LogP contribution in [0.2, 0.25) is 0 Å². The SMILES string of the molecule is CNC(=O)C(C)Oc1ccccc1C. The number of benzene rings is 1. The van der Waals surface area contributed by atoms with Crippen LogP contribution in [-0.2, 0) is 4.79 Å². The lowest BCUT2D eigenvalue weighted by Crippen LogP contribution is -2.33. The summed E-state index contributed by atoms with van der Waals surface area (Å²) in [5.74, 6) is 0.636. The quantitative estimate of drug-likeness (QED) is 0.790. The van der Waals surface area contributed by atoms with Gasteiger partial charge < -0.3 is 10.1 Å². The normalized spacial score (nSPS) is 11.9. The van der Waals surface area contributed by atoms with Crippen molar-refractivity contribution in [1.29, 1.82) is 0 Å². The molecule has 0 aliphatic carbocycles. The van der Waals surface area contributed by atoms with Crippen molar-refractivity contribution in [3.05, 3.63) is 29.8 Å². The summed E-state index contributed by atoms with van der Waals surface area (Å²) in [6.45, 7) is 3.68. The van der Waals surface area contributed by atoms with Gasteiger partial charge in [0.2, 0.25) is 0 Å². The number of amides is 1. The zero-order chi connectivity index (χ0) is 10.6. The van der Waals surface area contributed by atoms with E-state index in [1.807, 2.05) is 31.2 Å². The molecule has 3 heteroatoms. The molecule has 0 aliphatic heterocycles. The number of likely N-dealkylation sites (N-methyl/N-ethyl adjacent to an activating group) is 1. The number of carbonyl (C=O) groups excluding carboxylic acids is 1. The molecule has 1 atom stereocenters. The van der Waals surface area contributed by atoms with Crippen molar-refractivity contribution in [2.24, 2.45) is 0 Å². The van der Waals surface area contributed by atoms with Gasteiger partial charge >= 0.3 is 0 Å². The van der Waals surface area contributed by atoms with Crippen molar-refractivity contribution >= 4 is 5.91 Å². The molecule has 14 heavy (non-hydrogen) atoms. The van der Waals surface area contributed by atoms with E-state index in [9.17, 15) is 4.79 Å². The minimum absolute atomic E-state index is 0.117. The van der Waals surface area contributed by atoms with E-state index >= 15 is 0 Å². The monoisotopic (exact) mass is 193 g/mol. The molecule has 0 saturated carbocycles. The summed E-state index contributed by atoms with van der Waals surface area (Å²) in [4.78, 5) is 11.2. The molecule has 0 aliphatic rings. The maximum Gasteiger partial charge on any atom is 0.260 e. The minimum atomic E-state index is -0.457. The van der Waals surface area contributed by atoms with Gasteiger partial charge in [0.05, 0.1) is 0 Å². The molecule has 0 heterocycles. The lowest BCUT2D eigenvalue weighted by Gasteiger charge is -2.14.